The van der Waals surface area contributed by atoms with Crippen LogP contribution in [-0.4, -0.2) is 12.6 Å². The molecule has 0 spiro atoms. The molecule has 0 aliphatic carbocycles. The summed E-state index contributed by atoms with van der Waals surface area (Å²) in [5.74, 6) is 0. The zero-order valence-corrected chi connectivity index (χ0v) is 19.5. The van der Waals surface area contributed by atoms with Crippen molar-refractivity contribution in [2.75, 3.05) is 0 Å². The Hall–Kier alpha value is -3.69. The van der Waals surface area contributed by atoms with Crippen molar-refractivity contribution in [1.29, 1.82) is 0 Å². The Bertz CT molecular complexity index is 1720. The molecular weight excluding hydrogens is 416 g/mol. The van der Waals surface area contributed by atoms with Crippen molar-refractivity contribution in [3.8, 4) is 0 Å². The normalized spacial score (nSPS) is 15.4. The van der Waals surface area contributed by atoms with E-state index in [2.05, 4.69) is 113 Å². The van der Waals surface area contributed by atoms with Crippen molar-refractivity contribution in [3.05, 3.63) is 114 Å². The SMILES string of the molecule is Cc1c2[n+]3c4c(cccc4c4cccc5c4c3n1C5)[Si](c1ccccc1)(c1ccccc1)C2. The third-order valence-electron chi connectivity index (χ3n) is 8.24. The van der Waals surface area contributed by atoms with Gasteiger partial charge in [-0.15, -0.1) is 0 Å². The van der Waals surface area contributed by atoms with Crippen molar-refractivity contribution >= 4 is 51.0 Å². The van der Waals surface area contributed by atoms with Crippen LogP contribution in [0.2, 0.25) is 0 Å². The summed E-state index contributed by atoms with van der Waals surface area (Å²) >= 11 is 0. The topological polar surface area (TPSA) is 9.03 Å². The molecule has 0 radical (unpaired) electrons. The first-order chi connectivity index (χ1) is 16.3. The lowest BCUT2D eigenvalue weighted by atomic mass is 10.0. The minimum atomic E-state index is -2.28. The summed E-state index contributed by atoms with van der Waals surface area (Å²) in [6.45, 7) is 3.33. The van der Waals surface area contributed by atoms with Crippen LogP contribution in [0.1, 0.15) is 17.0 Å². The third-order valence-corrected chi connectivity index (χ3v) is 13.1. The fraction of sp³-hybridized carbons (Fsp3) is 0.100. The maximum absolute atomic E-state index is 2.63. The molecule has 2 aromatic heterocycles. The molecule has 3 heteroatoms. The third kappa shape index (κ3) is 1.99. The zero-order valence-electron chi connectivity index (χ0n) is 18.5. The maximum Gasteiger partial charge on any atom is 0.295 e. The summed E-state index contributed by atoms with van der Waals surface area (Å²) in [7, 11) is -2.28. The molecule has 4 heterocycles. The van der Waals surface area contributed by atoms with E-state index in [1.54, 1.807) is 5.19 Å². The first-order valence-corrected chi connectivity index (χ1v) is 14.0. The van der Waals surface area contributed by atoms with Gasteiger partial charge in [0.2, 0.25) is 0 Å². The van der Waals surface area contributed by atoms with Gasteiger partial charge in [0.05, 0.1) is 5.39 Å². The molecule has 4 aromatic carbocycles. The van der Waals surface area contributed by atoms with Gasteiger partial charge in [-0.25, -0.2) is 4.57 Å². The van der Waals surface area contributed by atoms with Gasteiger partial charge < -0.3 is 0 Å². The molecular formula is C30H23N2Si+. The number of hydrogen-bond acceptors (Lipinski definition) is 0. The van der Waals surface area contributed by atoms with Gasteiger partial charge in [0, 0.05) is 29.3 Å². The van der Waals surface area contributed by atoms with E-state index in [9.17, 15) is 0 Å². The minimum absolute atomic E-state index is 0.985. The average Bonchev–Trinajstić information content (AvgIpc) is 3.39. The van der Waals surface area contributed by atoms with Crippen molar-refractivity contribution in [1.82, 2.24) is 4.57 Å². The standard InChI is InChI=1S/C30H23N2Si/c1-20-26-19-33(22-11-4-2-5-12-22,23-13-6-3-7-14-23)27-17-9-16-25-24-15-8-10-21-18-31(20)30(28(21)24)32(26)29(25)27/h2-17H,18-19H2,1H3/q+1. The van der Waals surface area contributed by atoms with Crippen molar-refractivity contribution in [2.45, 2.75) is 19.5 Å². The second-order valence-electron chi connectivity index (χ2n) is 9.63. The molecule has 0 atom stereocenters. The molecule has 33 heavy (non-hydrogen) atoms. The van der Waals surface area contributed by atoms with Crippen LogP contribution in [0.15, 0.2) is 97.1 Å². The molecule has 2 aliphatic rings. The maximum atomic E-state index is 2.63. The fourth-order valence-corrected chi connectivity index (χ4v) is 11.8. The van der Waals surface area contributed by atoms with Gasteiger partial charge >= 0.3 is 0 Å². The summed E-state index contributed by atoms with van der Waals surface area (Å²) in [4.78, 5) is 0. The number of imidazole rings is 1. The number of benzene rings is 4. The molecule has 0 fully saturated rings. The Morgan fingerprint density at radius 3 is 2.12 bits per heavy atom. The summed E-state index contributed by atoms with van der Waals surface area (Å²) in [5, 5.41) is 8.79. The van der Waals surface area contributed by atoms with E-state index in [4.69, 9.17) is 0 Å². The molecule has 0 amide bonds. The molecule has 6 aromatic rings. The van der Waals surface area contributed by atoms with E-state index >= 15 is 0 Å². The molecule has 0 N–H and O–H groups in total. The Balaban J connectivity index is 1.66. The summed E-state index contributed by atoms with van der Waals surface area (Å²) in [6, 6.07) is 37.8. The highest BCUT2D eigenvalue weighted by molar-refractivity contribution is 7.12. The van der Waals surface area contributed by atoms with Gasteiger partial charge in [-0.1, -0.05) is 97.1 Å². The average molecular weight is 440 g/mol. The Kier molecular flexibility index (Phi) is 3.24. The molecule has 0 saturated heterocycles. The predicted molar refractivity (Wildman–Crippen MR) is 138 cm³/mol. The zero-order chi connectivity index (χ0) is 21.7. The monoisotopic (exact) mass is 439 g/mol. The quantitative estimate of drug-likeness (QED) is 0.220. The molecule has 8 rings (SSSR count). The van der Waals surface area contributed by atoms with Crippen LogP contribution in [0.25, 0.3) is 27.3 Å². The second-order valence-corrected chi connectivity index (χ2v) is 13.5. The van der Waals surface area contributed by atoms with Crippen molar-refractivity contribution < 1.29 is 4.40 Å². The number of para-hydroxylation sites is 1. The lowest BCUT2D eigenvalue weighted by molar-refractivity contribution is -0.488. The van der Waals surface area contributed by atoms with Gasteiger partial charge in [0.25, 0.3) is 5.65 Å². The van der Waals surface area contributed by atoms with Crippen LogP contribution >= 0.6 is 0 Å². The highest BCUT2D eigenvalue weighted by Crippen LogP contribution is 2.37. The van der Waals surface area contributed by atoms with Crippen LogP contribution < -0.4 is 20.0 Å². The number of nitrogens with zero attached hydrogens (tertiary/aromatic N) is 2. The summed E-state index contributed by atoms with van der Waals surface area (Å²) in [6.07, 6.45) is 0. The lowest BCUT2D eigenvalue weighted by Gasteiger charge is -2.35. The Morgan fingerprint density at radius 1 is 0.727 bits per heavy atom. The van der Waals surface area contributed by atoms with Gasteiger partial charge in [0.15, 0.2) is 8.07 Å². The van der Waals surface area contributed by atoms with E-state index in [0.717, 1.165) is 12.6 Å². The summed E-state index contributed by atoms with van der Waals surface area (Å²) < 4.78 is 5.21. The van der Waals surface area contributed by atoms with E-state index in [0.29, 0.717) is 0 Å². The first-order valence-electron chi connectivity index (χ1n) is 11.8. The first kappa shape index (κ1) is 17.8. The molecule has 0 unspecified atom stereocenters. The van der Waals surface area contributed by atoms with Crippen LogP contribution in [0, 0.1) is 6.92 Å². The molecule has 0 bridgehead atoms. The van der Waals surface area contributed by atoms with E-state index in [1.165, 1.54) is 54.6 Å². The Labute approximate surface area is 193 Å². The number of pyridine rings is 1. The van der Waals surface area contributed by atoms with E-state index in [1.807, 2.05) is 0 Å². The summed E-state index contributed by atoms with van der Waals surface area (Å²) in [5.41, 5.74) is 7.22. The van der Waals surface area contributed by atoms with Crippen LogP contribution in [0.4, 0.5) is 0 Å². The minimum Gasteiger partial charge on any atom is -0.222 e. The van der Waals surface area contributed by atoms with Gasteiger partial charge in [-0.3, -0.25) is 0 Å². The largest absolute Gasteiger partial charge is 0.295 e. The van der Waals surface area contributed by atoms with Gasteiger partial charge in [-0.05, 0) is 15.6 Å². The van der Waals surface area contributed by atoms with Crippen LogP contribution in [0.5, 0.6) is 0 Å². The van der Waals surface area contributed by atoms with Crippen LogP contribution in [0.3, 0.4) is 0 Å². The molecule has 2 nitrogen and oxygen atoms in total. The molecule has 156 valence electrons. The highest BCUT2D eigenvalue weighted by atomic mass is 28.3. The number of fused-ring (bicyclic) bond motifs is 1. The second kappa shape index (κ2) is 6.00. The van der Waals surface area contributed by atoms with Gasteiger partial charge in [-0.2, -0.15) is 4.40 Å². The highest BCUT2D eigenvalue weighted by Gasteiger charge is 2.49. The van der Waals surface area contributed by atoms with Crippen molar-refractivity contribution in [3.63, 3.8) is 0 Å². The van der Waals surface area contributed by atoms with Gasteiger partial charge in [0.1, 0.15) is 23.4 Å². The number of aromatic nitrogens is 2. The smallest absolute Gasteiger partial charge is 0.222 e. The van der Waals surface area contributed by atoms with Crippen LogP contribution in [-0.2, 0) is 12.6 Å². The fourth-order valence-electron chi connectivity index (χ4n) is 6.82. The van der Waals surface area contributed by atoms with E-state index < -0.39 is 8.07 Å². The molecule has 2 aliphatic heterocycles. The number of hydrogen-bond donors (Lipinski definition) is 0. The lowest BCUT2D eigenvalue weighted by Crippen LogP contribution is -2.72. The van der Waals surface area contributed by atoms with Crippen molar-refractivity contribution in [2.24, 2.45) is 0 Å². The predicted octanol–water partition coefficient (Wildman–Crippen LogP) is 3.77. The van der Waals surface area contributed by atoms with E-state index in [-0.39, 0.29) is 0 Å². The number of rotatable bonds is 2. The molecule has 0 saturated carbocycles. The Morgan fingerprint density at radius 2 is 1.39 bits per heavy atom.